The zero-order chi connectivity index (χ0) is 26.0. The number of fused-ring (bicyclic) bond motifs is 1. The lowest BCUT2D eigenvalue weighted by atomic mass is 9.97. The molecule has 2 aliphatic carbocycles. The molecule has 2 aromatic carbocycles. The predicted molar refractivity (Wildman–Crippen MR) is 137 cm³/mol. The number of anilines is 1. The van der Waals surface area contributed by atoms with Crippen molar-refractivity contribution in [2.75, 3.05) is 31.5 Å². The Morgan fingerprint density at radius 2 is 1.86 bits per heavy atom. The Bertz CT molecular complexity index is 1110. The second-order valence-corrected chi connectivity index (χ2v) is 11.1. The molecule has 0 saturated heterocycles. The van der Waals surface area contributed by atoms with Crippen molar-refractivity contribution in [3.63, 3.8) is 0 Å². The maximum absolute atomic E-state index is 13.6. The van der Waals surface area contributed by atoms with Crippen LogP contribution in [0.3, 0.4) is 0 Å². The molecule has 2 aromatic rings. The van der Waals surface area contributed by atoms with E-state index in [1.165, 1.54) is 41.0 Å². The van der Waals surface area contributed by atoms with Gasteiger partial charge >= 0.3 is 6.18 Å². The fourth-order valence-corrected chi connectivity index (χ4v) is 5.86. The third-order valence-electron chi connectivity index (χ3n) is 8.04. The molecule has 3 aliphatic rings. The van der Waals surface area contributed by atoms with E-state index in [2.05, 4.69) is 16.3 Å². The average molecular weight is 516 g/mol. The molecule has 1 aliphatic heterocycles. The van der Waals surface area contributed by atoms with Crippen LogP contribution in [-0.4, -0.2) is 52.6 Å². The standard InChI is InChI=1S/C29H36F3N3O2/c30-29(31,32)25-8-2-1-6-23(25)19-35(20-28(37)13-3-4-14-28)27(36)16-33-26-9-5-7-22-18-34(15-12-24(22)26)17-21-10-11-21/h1-2,5-9,21,33,37H,3-4,10-20H2. The van der Waals surface area contributed by atoms with E-state index in [0.717, 1.165) is 56.6 Å². The summed E-state index contributed by atoms with van der Waals surface area (Å²) in [6, 6.07) is 11.5. The molecule has 5 rings (SSSR count). The van der Waals surface area contributed by atoms with Gasteiger partial charge in [0.15, 0.2) is 0 Å². The molecule has 200 valence electrons. The molecular formula is C29H36F3N3O2. The number of hydrogen-bond acceptors (Lipinski definition) is 4. The molecule has 8 heteroatoms. The number of carbonyl (C=O) groups excluding carboxylic acids is 1. The van der Waals surface area contributed by atoms with Gasteiger partial charge in [0.05, 0.1) is 17.7 Å². The number of nitrogens with one attached hydrogen (secondary N) is 1. The largest absolute Gasteiger partial charge is 0.416 e. The Hall–Kier alpha value is -2.58. The number of benzene rings is 2. The van der Waals surface area contributed by atoms with Crippen LogP contribution < -0.4 is 5.32 Å². The van der Waals surface area contributed by atoms with Crippen molar-refractivity contribution in [2.24, 2.45) is 5.92 Å². The first-order chi connectivity index (χ1) is 17.7. The van der Waals surface area contributed by atoms with E-state index in [0.29, 0.717) is 12.8 Å². The normalized spacial score (nSPS) is 19.5. The summed E-state index contributed by atoms with van der Waals surface area (Å²) in [5.74, 6) is 0.518. The van der Waals surface area contributed by atoms with Gasteiger partial charge in [-0.3, -0.25) is 9.69 Å². The molecule has 5 nitrogen and oxygen atoms in total. The second-order valence-electron chi connectivity index (χ2n) is 11.1. The molecule has 1 amide bonds. The first-order valence-electron chi connectivity index (χ1n) is 13.4. The molecule has 37 heavy (non-hydrogen) atoms. The Kier molecular flexibility index (Phi) is 7.50. The molecule has 0 unspecified atom stereocenters. The van der Waals surface area contributed by atoms with Gasteiger partial charge in [-0.1, -0.05) is 43.2 Å². The quantitative estimate of drug-likeness (QED) is 0.481. The summed E-state index contributed by atoms with van der Waals surface area (Å²) >= 11 is 0. The first-order valence-corrected chi connectivity index (χ1v) is 13.4. The molecule has 2 fully saturated rings. The first kappa shape index (κ1) is 26.0. The van der Waals surface area contributed by atoms with Crippen LogP contribution in [0.5, 0.6) is 0 Å². The van der Waals surface area contributed by atoms with E-state index >= 15 is 0 Å². The lowest BCUT2D eigenvalue weighted by Gasteiger charge is -2.33. The van der Waals surface area contributed by atoms with Crippen molar-refractivity contribution >= 4 is 11.6 Å². The molecular weight excluding hydrogens is 479 g/mol. The van der Waals surface area contributed by atoms with Crippen molar-refractivity contribution in [1.82, 2.24) is 9.80 Å². The minimum Gasteiger partial charge on any atom is -0.388 e. The van der Waals surface area contributed by atoms with Crippen LogP contribution in [0.2, 0.25) is 0 Å². The van der Waals surface area contributed by atoms with E-state index in [1.807, 2.05) is 12.1 Å². The number of nitrogens with zero attached hydrogens (tertiary/aromatic N) is 2. The Morgan fingerprint density at radius 3 is 2.59 bits per heavy atom. The van der Waals surface area contributed by atoms with Crippen LogP contribution in [0.25, 0.3) is 0 Å². The minimum atomic E-state index is -4.51. The minimum absolute atomic E-state index is 0.0305. The third-order valence-corrected chi connectivity index (χ3v) is 8.04. The smallest absolute Gasteiger partial charge is 0.388 e. The summed E-state index contributed by atoms with van der Waals surface area (Å²) < 4.78 is 40.9. The highest BCUT2D eigenvalue weighted by Crippen LogP contribution is 2.35. The van der Waals surface area contributed by atoms with E-state index in [4.69, 9.17) is 0 Å². The van der Waals surface area contributed by atoms with Crippen LogP contribution >= 0.6 is 0 Å². The topological polar surface area (TPSA) is 55.8 Å². The van der Waals surface area contributed by atoms with Crippen LogP contribution in [-0.2, 0) is 30.5 Å². The van der Waals surface area contributed by atoms with Crippen molar-refractivity contribution in [2.45, 2.75) is 69.8 Å². The van der Waals surface area contributed by atoms with E-state index in [-0.39, 0.29) is 31.1 Å². The molecule has 1 heterocycles. The highest BCUT2D eigenvalue weighted by molar-refractivity contribution is 5.81. The maximum Gasteiger partial charge on any atom is 0.416 e. The zero-order valence-electron chi connectivity index (χ0n) is 21.2. The van der Waals surface area contributed by atoms with E-state index in [9.17, 15) is 23.1 Å². The number of rotatable bonds is 9. The van der Waals surface area contributed by atoms with Crippen LogP contribution in [0.1, 0.15) is 60.8 Å². The highest BCUT2D eigenvalue weighted by atomic mass is 19.4. The summed E-state index contributed by atoms with van der Waals surface area (Å²) in [5, 5.41) is 14.3. The Labute approximate surface area is 216 Å². The lowest BCUT2D eigenvalue weighted by Crippen LogP contribution is -2.46. The van der Waals surface area contributed by atoms with E-state index in [1.54, 1.807) is 6.07 Å². The number of amides is 1. The summed E-state index contributed by atoms with van der Waals surface area (Å²) in [5.41, 5.74) is 1.63. The second kappa shape index (κ2) is 10.7. The molecule has 0 aromatic heterocycles. The van der Waals surface area contributed by atoms with Gasteiger partial charge in [-0.25, -0.2) is 0 Å². The number of hydrogen-bond donors (Lipinski definition) is 2. The number of carbonyl (C=O) groups is 1. The van der Waals surface area contributed by atoms with Crippen LogP contribution in [0, 0.1) is 5.92 Å². The SMILES string of the molecule is O=C(CNc1cccc2c1CCN(CC1CC1)C2)N(Cc1ccccc1C(F)(F)F)CC1(O)CCCC1. The third kappa shape index (κ3) is 6.47. The molecule has 2 saturated carbocycles. The molecule has 0 bridgehead atoms. The zero-order valence-corrected chi connectivity index (χ0v) is 21.2. The predicted octanol–water partition coefficient (Wildman–Crippen LogP) is 5.22. The summed E-state index contributed by atoms with van der Waals surface area (Å²) in [6.45, 7) is 2.84. The van der Waals surface area contributed by atoms with E-state index < -0.39 is 17.3 Å². The van der Waals surface area contributed by atoms with Crippen molar-refractivity contribution < 1.29 is 23.1 Å². The number of alkyl halides is 3. The van der Waals surface area contributed by atoms with Gasteiger partial charge in [-0.2, -0.15) is 13.2 Å². The molecule has 2 N–H and O–H groups in total. The Balaban J connectivity index is 1.30. The highest BCUT2D eigenvalue weighted by Gasteiger charge is 2.37. The molecule has 0 spiro atoms. The van der Waals surface area contributed by atoms with Gasteiger partial charge in [0.1, 0.15) is 0 Å². The number of aliphatic hydroxyl groups is 1. The van der Waals surface area contributed by atoms with Gasteiger partial charge in [0.25, 0.3) is 0 Å². The summed E-state index contributed by atoms with van der Waals surface area (Å²) in [6.07, 6.45) is 1.85. The maximum atomic E-state index is 13.6. The van der Waals surface area contributed by atoms with Crippen molar-refractivity contribution in [3.8, 4) is 0 Å². The summed E-state index contributed by atoms with van der Waals surface area (Å²) in [7, 11) is 0. The van der Waals surface area contributed by atoms with Crippen LogP contribution in [0.15, 0.2) is 42.5 Å². The molecule has 0 atom stereocenters. The van der Waals surface area contributed by atoms with Crippen molar-refractivity contribution in [1.29, 1.82) is 0 Å². The van der Waals surface area contributed by atoms with Crippen LogP contribution in [0.4, 0.5) is 18.9 Å². The fraction of sp³-hybridized carbons (Fsp3) is 0.552. The fourth-order valence-electron chi connectivity index (χ4n) is 5.86. The monoisotopic (exact) mass is 515 g/mol. The molecule has 0 radical (unpaired) electrons. The number of halogens is 3. The van der Waals surface area contributed by atoms with Gasteiger partial charge in [-0.05, 0) is 66.8 Å². The van der Waals surface area contributed by atoms with Gasteiger partial charge in [-0.15, -0.1) is 0 Å². The Morgan fingerprint density at radius 1 is 1.11 bits per heavy atom. The van der Waals surface area contributed by atoms with Crippen molar-refractivity contribution in [3.05, 3.63) is 64.7 Å². The summed E-state index contributed by atoms with van der Waals surface area (Å²) in [4.78, 5) is 17.3. The van der Waals surface area contributed by atoms with Gasteiger partial charge in [0.2, 0.25) is 5.91 Å². The average Bonchev–Trinajstić information content (AvgIpc) is 3.58. The lowest BCUT2D eigenvalue weighted by molar-refractivity contribution is -0.140. The van der Waals surface area contributed by atoms with Gasteiger partial charge < -0.3 is 15.3 Å². The van der Waals surface area contributed by atoms with Gasteiger partial charge in [0, 0.05) is 38.4 Å².